The third-order valence-corrected chi connectivity index (χ3v) is 1.53. The lowest BCUT2D eigenvalue weighted by Gasteiger charge is -2.38. The number of ether oxygens (including phenoxy) is 1. The Morgan fingerprint density at radius 3 is 2.70 bits per heavy atom. The largest absolute Gasteiger partial charge is 0.394 e. The molecule has 0 aromatic heterocycles. The summed E-state index contributed by atoms with van der Waals surface area (Å²) in [4.78, 5) is 0. The standard InChI is InChI=1S/C6H11NO3/c1-4-6(10-3-9)5(2-8)7-4/h5-9H,1-3H2/t5-,6-/m0/s1. The maximum absolute atomic E-state index is 8.64. The van der Waals surface area contributed by atoms with Crippen molar-refractivity contribution in [3.8, 4) is 0 Å². The maximum Gasteiger partial charge on any atom is 0.144 e. The molecule has 0 spiro atoms. The predicted molar refractivity (Wildman–Crippen MR) is 35.1 cm³/mol. The summed E-state index contributed by atoms with van der Waals surface area (Å²) in [6, 6.07) is -0.0975. The zero-order valence-corrected chi connectivity index (χ0v) is 5.58. The molecule has 58 valence electrons. The molecule has 1 saturated heterocycles. The molecule has 0 aromatic carbocycles. The van der Waals surface area contributed by atoms with Gasteiger partial charge in [0.1, 0.15) is 12.9 Å². The van der Waals surface area contributed by atoms with E-state index in [-0.39, 0.29) is 25.5 Å². The van der Waals surface area contributed by atoms with Crippen molar-refractivity contribution in [2.24, 2.45) is 0 Å². The molecule has 4 nitrogen and oxygen atoms in total. The van der Waals surface area contributed by atoms with Gasteiger partial charge in [-0.15, -0.1) is 0 Å². The number of nitrogens with one attached hydrogen (secondary N) is 1. The Kier molecular flexibility index (Phi) is 2.26. The number of aliphatic hydroxyl groups is 2. The van der Waals surface area contributed by atoms with Crippen LogP contribution in [0.3, 0.4) is 0 Å². The molecule has 1 heterocycles. The molecule has 1 rings (SSSR count). The fourth-order valence-electron chi connectivity index (χ4n) is 0.981. The van der Waals surface area contributed by atoms with Crippen molar-refractivity contribution in [2.45, 2.75) is 12.1 Å². The SMILES string of the molecule is C=C1N[C@@H](CO)[C@H]1OCO. The lowest BCUT2D eigenvalue weighted by molar-refractivity contribution is -0.0779. The second-order valence-electron chi connectivity index (χ2n) is 2.18. The Hall–Kier alpha value is -0.580. The van der Waals surface area contributed by atoms with Gasteiger partial charge in [-0.1, -0.05) is 6.58 Å². The lowest BCUT2D eigenvalue weighted by atomic mass is 10.0. The molecule has 1 aliphatic heterocycles. The van der Waals surface area contributed by atoms with Crippen molar-refractivity contribution in [1.29, 1.82) is 0 Å². The molecule has 3 N–H and O–H groups in total. The molecule has 4 heteroatoms. The minimum Gasteiger partial charge on any atom is -0.394 e. The summed E-state index contributed by atoms with van der Waals surface area (Å²) in [6.45, 7) is 3.27. The van der Waals surface area contributed by atoms with E-state index in [1.165, 1.54) is 0 Å². The van der Waals surface area contributed by atoms with Gasteiger partial charge in [0.15, 0.2) is 0 Å². The number of hydrogen-bond donors (Lipinski definition) is 3. The minimum atomic E-state index is -0.331. The van der Waals surface area contributed by atoms with Crippen LogP contribution in [0.4, 0.5) is 0 Å². The van der Waals surface area contributed by atoms with E-state index in [4.69, 9.17) is 14.9 Å². The van der Waals surface area contributed by atoms with Crippen LogP contribution in [0.15, 0.2) is 12.3 Å². The van der Waals surface area contributed by atoms with E-state index in [2.05, 4.69) is 11.9 Å². The molecule has 1 fully saturated rings. The van der Waals surface area contributed by atoms with Gasteiger partial charge in [-0.2, -0.15) is 0 Å². The monoisotopic (exact) mass is 145 g/mol. The average molecular weight is 145 g/mol. The Labute approximate surface area is 59.1 Å². The summed E-state index contributed by atoms with van der Waals surface area (Å²) in [6.07, 6.45) is -0.227. The summed E-state index contributed by atoms with van der Waals surface area (Å²) < 4.78 is 4.83. The smallest absolute Gasteiger partial charge is 0.144 e. The number of rotatable bonds is 3. The first kappa shape index (κ1) is 7.53. The first-order valence-corrected chi connectivity index (χ1v) is 3.08. The molecule has 1 aliphatic rings. The van der Waals surface area contributed by atoms with Crippen molar-refractivity contribution in [3.63, 3.8) is 0 Å². The topological polar surface area (TPSA) is 61.7 Å². The van der Waals surface area contributed by atoms with Crippen LogP contribution in [0.2, 0.25) is 0 Å². The lowest BCUT2D eigenvalue weighted by Crippen LogP contribution is -2.57. The Morgan fingerprint density at radius 2 is 2.30 bits per heavy atom. The summed E-state index contributed by atoms with van der Waals surface area (Å²) in [5, 5.41) is 19.8. The Balaban J connectivity index is 2.32. The Morgan fingerprint density at radius 1 is 1.60 bits per heavy atom. The first-order chi connectivity index (χ1) is 4.79. The fourth-order valence-corrected chi connectivity index (χ4v) is 0.981. The van der Waals surface area contributed by atoms with Crippen molar-refractivity contribution in [1.82, 2.24) is 5.32 Å². The average Bonchev–Trinajstić information content (AvgIpc) is 1.95. The highest BCUT2D eigenvalue weighted by atomic mass is 16.6. The van der Waals surface area contributed by atoms with E-state index >= 15 is 0 Å². The van der Waals surface area contributed by atoms with Gasteiger partial charge in [0.2, 0.25) is 0 Å². The molecule has 2 atom stereocenters. The molecular weight excluding hydrogens is 134 g/mol. The van der Waals surface area contributed by atoms with E-state index < -0.39 is 0 Å². The van der Waals surface area contributed by atoms with Gasteiger partial charge in [-0.3, -0.25) is 0 Å². The van der Waals surface area contributed by atoms with Crippen LogP contribution >= 0.6 is 0 Å². The number of hydrogen-bond acceptors (Lipinski definition) is 4. The normalized spacial score (nSPS) is 31.2. The van der Waals surface area contributed by atoms with Crippen LogP contribution in [0.25, 0.3) is 0 Å². The summed E-state index contributed by atoms with van der Waals surface area (Å²) >= 11 is 0. The molecule has 0 unspecified atom stereocenters. The van der Waals surface area contributed by atoms with Gasteiger partial charge in [0, 0.05) is 5.70 Å². The van der Waals surface area contributed by atoms with Gasteiger partial charge in [-0.05, 0) is 0 Å². The predicted octanol–water partition coefficient (Wildman–Crippen LogP) is -1.20. The van der Waals surface area contributed by atoms with Crippen molar-refractivity contribution in [2.75, 3.05) is 13.4 Å². The molecule has 0 aliphatic carbocycles. The molecular formula is C6H11NO3. The highest BCUT2D eigenvalue weighted by molar-refractivity contribution is 5.16. The van der Waals surface area contributed by atoms with Gasteiger partial charge in [0.05, 0.1) is 12.6 Å². The van der Waals surface area contributed by atoms with E-state index in [1.54, 1.807) is 0 Å². The fraction of sp³-hybridized carbons (Fsp3) is 0.667. The Bertz CT molecular complexity index is 137. The van der Waals surface area contributed by atoms with Crippen LogP contribution in [0, 0.1) is 0 Å². The summed E-state index contributed by atoms with van der Waals surface area (Å²) in [7, 11) is 0. The van der Waals surface area contributed by atoms with Crippen LogP contribution in [0.5, 0.6) is 0 Å². The third-order valence-electron chi connectivity index (χ3n) is 1.53. The highest BCUT2D eigenvalue weighted by Crippen LogP contribution is 2.17. The van der Waals surface area contributed by atoms with Gasteiger partial charge >= 0.3 is 0 Å². The number of aliphatic hydroxyl groups excluding tert-OH is 2. The van der Waals surface area contributed by atoms with Gasteiger partial charge in [0.25, 0.3) is 0 Å². The van der Waals surface area contributed by atoms with Crippen molar-refractivity contribution < 1.29 is 14.9 Å². The quantitative estimate of drug-likeness (QED) is 0.436. The zero-order valence-electron chi connectivity index (χ0n) is 5.58. The molecule has 10 heavy (non-hydrogen) atoms. The van der Waals surface area contributed by atoms with E-state index in [0.717, 1.165) is 0 Å². The molecule has 0 radical (unpaired) electrons. The first-order valence-electron chi connectivity index (χ1n) is 3.08. The van der Waals surface area contributed by atoms with Crippen LogP contribution in [0.1, 0.15) is 0 Å². The third kappa shape index (κ3) is 1.13. The maximum atomic E-state index is 8.64. The molecule has 0 amide bonds. The van der Waals surface area contributed by atoms with Crippen molar-refractivity contribution in [3.05, 3.63) is 12.3 Å². The second-order valence-corrected chi connectivity index (χ2v) is 2.18. The molecule has 0 aromatic rings. The van der Waals surface area contributed by atoms with Crippen LogP contribution in [-0.4, -0.2) is 35.8 Å². The minimum absolute atomic E-state index is 0.00366. The van der Waals surface area contributed by atoms with Crippen molar-refractivity contribution >= 4 is 0 Å². The van der Waals surface area contributed by atoms with E-state index in [9.17, 15) is 0 Å². The van der Waals surface area contributed by atoms with E-state index in [0.29, 0.717) is 5.70 Å². The summed E-state index contributed by atoms with van der Waals surface area (Å²) in [5.41, 5.74) is 0.716. The molecule has 0 bridgehead atoms. The van der Waals surface area contributed by atoms with Crippen LogP contribution in [-0.2, 0) is 4.74 Å². The highest BCUT2D eigenvalue weighted by Gasteiger charge is 2.34. The van der Waals surface area contributed by atoms with Gasteiger partial charge in [-0.25, -0.2) is 0 Å². The molecule has 0 saturated carbocycles. The summed E-state index contributed by atoms with van der Waals surface area (Å²) in [5.74, 6) is 0. The van der Waals surface area contributed by atoms with Crippen LogP contribution < -0.4 is 5.32 Å². The van der Waals surface area contributed by atoms with E-state index in [1.807, 2.05) is 0 Å². The second kappa shape index (κ2) is 3.01. The van der Waals surface area contributed by atoms with Gasteiger partial charge < -0.3 is 20.3 Å². The zero-order chi connectivity index (χ0) is 7.56.